The number of carbonyl (C=O) groups excluding carboxylic acids is 1. The van der Waals surface area contributed by atoms with E-state index in [-0.39, 0.29) is 11.5 Å². The molecule has 0 saturated heterocycles. The number of ether oxygens (including phenoxy) is 1. The van der Waals surface area contributed by atoms with Crippen LogP contribution in [0, 0.1) is 5.82 Å². The van der Waals surface area contributed by atoms with Gasteiger partial charge in [-0.2, -0.15) is 0 Å². The zero-order chi connectivity index (χ0) is 14.1. The molecule has 0 unspecified atom stereocenters. The lowest BCUT2D eigenvalue weighted by atomic mass is 9.99. The number of methoxy groups -OCH3 is 1. The summed E-state index contributed by atoms with van der Waals surface area (Å²) in [5, 5.41) is 3.23. The highest BCUT2D eigenvalue weighted by atomic mass is 19.1. The highest BCUT2D eigenvalue weighted by Crippen LogP contribution is 2.22. The molecular formula is C16H14FNO2. The van der Waals surface area contributed by atoms with Crippen molar-refractivity contribution in [3.05, 3.63) is 64.5 Å². The number of rotatable bonds is 3. The molecule has 102 valence electrons. The van der Waals surface area contributed by atoms with Gasteiger partial charge in [0.2, 0.25) is 0 Å². The van der Waals surface area contributed by atoms with Crippen LogP contribution in [-0.2, 0) is 13.1 Å². The quantitative estimate of drug-likeness (QED) is 0.872. The van der Waals surface area contributed by atoms with E-state index in [4.69, 9.17) is 4.74 Å². The molecule has 2 aromatic carbocycles. The van der Waals surface area contributed by atoms with E-state index in [1.807, 2.05) is 12.1 Å². The predicted octanol–water partition coefficient (Wildman–Crippen LogP) is 2.67. The number of halogens is 1. The Bertz CT molecular complexity index is 682. The molecule has 0 aromatic heterocycles. The van der Waals surface area contributed by atoms with Gasteiger partial charge in [0.05, 0.1) is 7.11 Å². The Morgan fingerprint density at radius 1 is 1.10 bits per heavy atom. The second kappa shape index (κ2) is 5.06. The topological polar surface area (TPSA) is 38.3 Å². The first kappa shape index (κ1) is 12.8. The van der Waals surface area contributed by atoms with Crippen LogP contribution in [0.1, 0.15) is 27.0 Å². The fourth-order valence-electron chi connectivity index (χ4n) is 2.41. The fraction of sp³-hybridized carbons (Fsp3) is 0.188. The summed E-state index contributed by atoms with van der Waals surface area (Å²) in [6, 6.07) is 9.87. The van der Waals surface area contributed by atoms with Crippen molar-refractivity contribution in [1.29, 1.82) is 0 Å². The average molecular weight is 271 g/mol. The summed E-state index contributed by atoms with van der Waals surface area (Å²) in [6.45, 7) is 1.61. The van der Waals surface area contributed by atoms with Gasteiger partial charge in [0.15, 0.2) is 17.3 Å². The Hall–Kier alpha value is -2.20. The first-order chi connectivity index (χ1) is 9.69. The normalized spacial score (nSPS) is 13.1. The van der Waals surface area contributed by atoms with Crippen LogP contribution in [0.3, 0.4) is 0 Å². The average Bonchev–Trinajstić information content (AvgIpc) is 2.93. The Balaban J connectivity index is 1.94. The molecule has 0 aliphatic carbocycles. The van der Waals surface area contributed by atoms with Crippen LogP contribution in [0.5, 0.6) is 5.75 Å². The molecule has 0 saturated carbocycles. The second-order valence-corrected chi connectivity index (χ2v) is 4.77. The molecule has 0 spiro atoms. The lowest BCUT2D eigenvalue weighted by Gasteiger charge is -2.06. The van der Waals surface area contributed by atoms with Crippen LogP contribution in [0.25, 0.3) is 0 Å². The van der Waals surface area contributed by atoms with E-state index in [0.717, 1.165) is 18.7 Å². The number of hydrogen-bond donors (Lipinski definition) is 1. The maximum Gasteiger partial charge on any atom is 0.193 e. The summed E-state index contributed by atoms with van der Waals surface area (Å²) in [5.41, 5.74) is 3.25. The monoisotopic (exact) mass is 271 g/mol. The van der Waals surface area contributed by atoms with Crippen molar-refractivity contribution in [3.63, 3.8) is 0 Å². The van der Waals surface area contributed by atoms with Crippen LogP contribution in [0.2, 0.25) is 0 Å². The molecule has 1 heterocycles. The minimum atomic E-state index is -0.527. The summed E-state index contributed by atoms with van der Waals surface area (Å²) in [4.78, 5) is 12.4. The molecule has 0 radical (unpaired) electrons. The largest absolute Gasteiger partial charge is 0.494 e. The molecule has 1 aliphatic heterocycles. The van der Waals surface area contributed by atoms with E-state index in [1.54, 1.807) is 12.1 Å². The number of fused-ring (bicyclic) bond motifs is 1. The van der Waals surface area contributed by atoms with Gasteiger partial charge >= 0.3 is 0 Å². The van der Waals surface area contributed by atoms with Gasteiger partial charge in [-0.15, -0.1) is 0 Å². The molecule has 2 aromatic rings. The third-order valence-corrected chi connectivity index (χ3v) is 3.51. The van der Waals surface area contributed by atoms with Gasteiger partial charge in [-0.3, -0.25) is 4.79 Å². The van der Waals surface area contributed by atoms with Gasteiger partial charge in [0, 0.05) is 24.2 Å². The highest BCUT2D eigenvalue weighted by molar-refractivity contribution is 6.09. The Morgan fingerprint density at radius 2 is 1.80 bits per heavy atom. The molecule has 0 atom stereocenters. The summed E-state index contributed by atoms with van der Waals surface area (Å²) in [7, 11) is 1.40. The highest BCUT2D eigenvalue weighted by Gasteiger charge is 2.16. The van der Waals surface area contributed by atoms with E-state index in [9.17, 15) is 9.18 Å². The molecule has 0 fully saturated rings. The molecular weight excluding hydrogens is 257 g/mol. The number of ketones is 1. The van der Waals surface area contributed by atoms with Gasteiger partial charge < -0.3 is 10.1 Å². The number of nitrogens with one attached hydrogen (secondary N) is 1. The van der Waals surface area contributed by atoms with Gasteiger partial charge in [0.25, 0.3) is 0 Å². The summed E-state index contributed by atoms with van der Waals surface area (Å²) in [6.07, 6.45) is 0. The SMILES string of the molecule is COc1ccc(C(=O)c2ccc3c(c2)CNC3)cc1F. The lowest BCUT2D eigenvalue weighted by molar-refractivity contribution is 0.103. The zero-order valence-corrected chi connectivity index (χ0v) is 11.1. The second-order valence-electron chi connectivity index (χ2n) is 4.77. The minimum Gasteiger partial charge on any atom is -0.494 e. The molecule has 1 aliphatic rings. The molecule has 3 nitrogen and oxygen atoms in total. The maximum atomic E-state index is 13.7. The maximum absolute atomic E-state index is 13.7. The third kappa shape index (κ3) is 2.18. The minimum absolute atomic E-state index is 0.139. The van der Waals surface area contributed by atoms with Crippen molar-refractivity contribution in [1.82, 2.24) is 5.32 Å². The molecule has 20 heavy (non-hydrogen) atoms. The molecule has 1 N–H and O–H groups in total. The van der Waals surface area contributed by atoms with Gasteiger partial charge in [-0.1, -0.05) is 12.1 Å². The number of benzene rings is 2. The Kier molecular flexibility index (Phi) is 3.24. The number of carbonyl (C=O) groups is 1. The van der Waals surface area contributed by atoms with Crippen LogP contribution >= 0.6 is 0 Å². The van der Waals surface area contributed by atoms with E-state index >= 15 is 0 Å². The number of hydrogen-bond acceptors (Lipinski definition) is 3. The van der Waals surface area contributed by atoms with Crippen LogP contribution in [0.4, 0.5) is 4.39 Å². The summed E-state index contributed by atoms with van der Waals surface area (Å²) in [5.74, 6) is -0.567. The van der Waals surface area contributed by atoms with Gasteiger partial charge in [0.1, 0.15) is 0 Å². The van der Waals surface area contributed by atoms with Crippen LogP contribution in [-0.4, -0.2) is 12.9 Å². The predicted molar refractivity (Wildman–Crippen MR) is 73.4 cm³/mol. The fourth-order valence-corrected chi connectivity index (χ4v) is 2.41. The molecule has 0 amide bonds. The first-order valence-electron chi connectivity index (χ1n) is 6.40. The van der Waals surface area contributed by atoms with E-state index in [2.05, 4.69) is 5.32 Å². The lowest BCUT2D eigenvalue weighted by Crippen LogP contribution is -2.03. The van der Waals surface area contributed by atoms with E-state index in [1.165, 1.54) is 24.8 Å². The van der Waals surface area contributed by atoms with Crippen molar-refractivity contribution < 1.29 is 13.9 Å². The Morgan fingerprint density at radius 3 is 2.55 bits per heavy atom. The van der Waals surface area contributed by atoms with Crippen molar-refractivity contribution in [3.8, 4) is 5.75 Å². The molecule has 4 heteroatoms. The third-order valence-electron chi connectivity index (χ3n) is 3.51. The Labute approximate surface area is 116 Å². The summed E-state index contributed by atoms with van der Waals surface area (Å²) >= 11 is 0. The summed E-state index contributed by atoms with van der Waals surface area (Å²) < 4.78 is 18.5. The van der Waals surface area contributed by atoms with Crippen molar-refractivity contribution in [2.45, 2.75) is 13.1 Å². The van der Waals surface area contributed by atoms with E-state index < -0.39 is 5.82 Å². The van der Waals surface area contributed by atoms with Gasteiger partial charge in [-0.25, -0.2) is 4.39 Å². The van der Waals surface area contributed by atoms with Crippen molar-refractivity contribution in [2.75, 3.05) is 7.11 Å². The van der Waals surface area contributed by atoms with Crippen LogP contribution in [0.15, 0.2) is 36.4 Å². The first-order valence-corrected chi connectivity index (χ1v) is 6.40. The smallest absolute Gasteiger partial charge is 0.193 e. The van der Waals surface area contributed by atoms with Crippen molar-refractivity contribution >= 4 is 5.78 Å². The van der Waals surface area contributed by atoms with Crippen LogP contribution < -0.4 is 10.1 Å². The zero-order valence-electron chi connectivity index (χ0n) is 11.1. The molecule has 3 rings (SSSR count). The van der Waals surface area contributed by atoms with Crippen molar-refractivity contribution in [2.24, 2.45) is 0 Å². The standard InChI is InChI=1S/C16H14FNO2/c1-20-15-5-4-11(7-14(15)17)16(19)10-2-3-12-8-18-9-13(12)6-10/h2-7,18H,8-9H2,1H3. The van der Waals surface area contributed by atoms with E-state index in [0.29, 0.717) is 11.1 Å². The molecule has 0 bridgehead atoms. The van der Waals surface area contributed by atoms with Gasteiger partial charge in [-0.05, 0) is 35.4 Å².